The molecule has 1 saturated carbocycles. The van der Waals surface area contributed by atoms with Crippen LogP contribution in [0.3, 0.4) is 0 Å². The predicted octanol–water partition coefficient (Wildman–Crippen LogP) is 3.68. The standard InChI is InChI=1S/C11H18/c1-9-5-4-7-10-6-2-3-8-11(9)10/h10H,2-8H2,1H3. The fraction of sp³-hybridized carbons (Fsp3) is 0.818. The number of rotatable bonds is 0. The Morgan fingerprint density at radius 2 is 1.82 bits per heavy atom. The van der Waals surface area contributed by atoms with Crippen LogP contribution in [-0.2, 0) is 0 Å². The van der Waals surface area contributed by atoms with E-state index in [-0.39, 0.29) is 0 Å². The van der Waals surface area contributed by atoms with Gasteiger partial charge in [0.1, 0.15) is 0 Å². The summed E-state index contributed by atoms with van der Waals surface area (Å²) in [7, 11) is 0. The van der Waals surface area contributed by atoms with Crippen molar-refractivity contribution in [2.75, 3.05) is 0 Å². The van der Waals surface area contributed by atoms with Crippen molar-refractivity contribution in [3.8, 4) is 0 Å². The first-order valence-corrected chi connectivity index (χ1v) is 5.06. The smallest absolute Gasteiger partial charge is 0.0201 e. The van der Waals surface area contributed by atoms with Gasteiger partial charge in [0.05, 0.1) is 0 Å². The average molecular weight is 150 g/mol. The summed E-state index contributed by atoms with van der Waals surface area (Å²) >= 11 is 0. The van der Waals surface area contributed by atoms with Gasteiger partial charge in [-0.1, -0.05) is 17.6 Å². The minimum absolute atomic E-state index is 1.01. The first-order chi connectivity index (χ1) is 5.38. The Morgan fingerprint density at radius 3 is 2.64 bits per heavy atom. The molecule has 1 fully saturated rings. The van der Waals surface area contributed by atoms with Crippen molar-refractivity contribution >= 4 is 0 Å². The second-order valence-electron chi connectivity index (χ2n) is 4.14. The van der Waals surface area contributed by atoms with E-state index in [4.69, 9.17) is 0 Å². The molecule has 0 aliphatic heterocycles. The van der Waals surface area contributed by atoms with Crippen molar-refractivity contribution in [1.29, 1.82) is 0 Å². The number of hydrogen-bond donors (Lipinski definition) is 0. The lowest BCUT2D eigenvalue weighted by Gasteiger charge is -2.31. The second-order valence-corrected chi connectivity index (χ2v) is 4.14. The van der Waals surface area contributed by atoms with Crippen molar-refractivity contribution in [3.05, 3.63) is 11.1 Å². The maximum absolute atomic E-state index is 2.35. The van der Waals surface area contributed by atoms with Gasteiger partial charge in [0.15, 0.2) is 0 Å². The zero-order valence-electron chi connectivity index (χ0n) is 7.53. The Labute approximate surface area is 69.7 Å². The number of fused-ring (bicyclic) bond motifs is 1. The highest BCUT2D eigenvalue weighted by atomic mass is 14.3. The van der Waals surface area contributed by atoms with Crippen LogP contribution in [0.4, 0.5) is 0 Å². The van der Waals surface area contributed by atoms with Crippen LogP contribution in [0.1, 0.15) is 51.9 Å². The van der Waals surface area contributed by atoms with Crippen molar-refractivity contribution in [3.63, 3.8) is 0 Å². The van der Waals surface area contributed by atoms with Gasteiger partial charge in [-0.3, -0.25) is 0 Å². The van der Waals surface area contributed by atoms with Crippen molar-refractivity contribution in [1.82, 2.24) is 0 Å². The summed E-state index contributed by atoms with van der Waals surface area (Å²) in [5.74, 6) is 1.01. The van der Waals surface area contributed by atoms with Crippen LogP contribution in [0, 0.1) is 5.92 Å². The number of allylic oxidation sites excluding steroid dienone is 2. The molecule has 0 aromatic carbocycles. The Bertz CT molecular complexity index is 176. The zero-order chi connectivity index (χ0) is 7.68. The summed E-state index contributed by atoms with van der Waals surface area (Å²) in [5.41, 5.74) is 3.59. The highest BCUT2D eigenvalue weighted by Gasteiger charge is 2.23. The second kappa shape index (κ2) is 3.00. The summed E-state index contributed by atoms with van der Waals surface area (Å²) in [6.07, 6.45) is 10.2. The van der Waals surface area contributed by atoms with Crippen LogP contribution in [0.2, 0.25) is 0 Å². The predicted molar refractivity (Wildman–Crippen MR) is 48.5 cm³/mol. The summed E-state index contributed by atoms with van der Waals surface area (Å²) in [5, 5.41) is 0. The molecule has 0 bridgehead atoms. The third kappa shape index (κ3) is 1.36. The molecule has 0 saturated heterocycles. The van der Waals surface area contributed by atoms with Gasteiger partial charge >= 0.3 is 0 Å². The molecule has 1 atom stereocenters. The lowest BCUT2D eigenvalue weighted by Crippen LogP contribution is -2.15. The maximum Gasteiger partial charge on any atom is -0.0201 e. The summed E-state index contributed by atoms with van der Waals surface area (Å²) in [6, 6.07) is 0. The highest BCUT2D eigenvalue weighted by Crippen LogP contribution is 2.39. The molecule has 2 aliphatic carbocycles. The molecule has 0 aromatic heterocycles. The highest BCUT2D eigenvalue weighted by molar-refractivity contribution is 5.19. The van der Waals surface area contributed by atoms with Gasteiger partial charge in [0, 0.05) is 0 Å². The van der Waals surface area contributed by atoms with E-state index in [0.717, 1.165) is 5.92 Å². The Kier molecular flexibility index (Phi) is 2.02. The molecule has 0 N–H and O–H groups in total. The van der Waals surface area contributed by atoms with Crippen LogP contribution in [0.5, 0.6) is 0 Å². The van der Waals surface area contributed by atoms with Crippen molar-refractivity contribution in [2.45, 2.75) is 51.9 Å². The summed E-state index contributed by atoms with van der Waals surface area (Å²) in [4.78, 5) is 0. The molecule has 0 nitrogen and oxygen atoms in total. The molecule has 0 amide bonds. The van der Waals surface area contributed by atoms with Crippen LogP contribution in [0.15, 0.2) is 11.1 Å². The molecule has 1 unspecified atom stereocenters. The molecule has 0 spiro atoms. The third-order valence-corrected chi connectivity index (χ3v) is 3.39. The van der Waals surface area contributed by atoms with E-state index < -0.39 is 0 Å². The van der Waals surface area contributed by atoms with E-state index in [1.54, 1.807) is 5.57 Å². The van der Waals surface area contributed by atoms with E-state index in [9.17, 15) is 0 Å². The molecule has 62 valence electrons. The van der Waals surface area contributed by atoms with Crippen LogP contribution < -0.4 is 0 Å². The van der Waals surface area contributed by atoms with E-state index in [2.05, 4.69) is 6.92 Å². The molecular weight excluding hydrogens is 132 g/mol. The van der Waals surface area contributed by atoms with E-state index in [0.29, 0.717) is 0 Å². The molecular formula is C11H18. The number of hydrogen-bond acceptors (Lipinski definition) is 0. The molecule has 0 radical (unpaired) electrons. The van der Waals surface area contributed by atoms with Crippen LogP contribution in [-0.4, -0.2) is 0 Å². The van der Waals surface area contributed by atoms with Gasteiger partial charge in [0.2, 0.25) is 0 Å². The fourth-order valence-electron chi connectivity index (χ4n) is 2.74. The van der Waals surface area contributed by atoms with Crippen LogP contribution >= 0.6 is 0 Å². The zero-order valence-corrected chi connectivity index (χ0v) is 7.53. The molecule has 0 aromatic rings. The Hall–Kier alpha value is -0.260. The topological polar surface area (TPSA) is 0 Å². The van der Waals surface area contributed by atoms with Crippen LogP contribution in [0.25, 0.3) is 0 Å². The lowest BCUT2D eigenvalue weighted by atomic mass is 9.75. The molecule has 2 aliphatic rings. The van der Waals surface area contributed by atoms with Gasteiger partial charge in [-0.25, -0.2) is 0 Å². The fourth-order valence-corrected chi connectivity index (χ4v) is 2.74. The lowest BCUT2D eigenvalue weighted by molar-refractivity contribution is 0.393. The quantitative estimate of drug-likeness (QED) is 0.462. The first-order valence-electron chi connectivity index (χ1n) is 5.06. The van der Waals surface area contributed by atoms with Crippen molar-refractivity contribution < 1.29 is 0 Å². The van der Waals surface area contributed by atoms with Gasteiger partial charge in [-0.2, -0.15) is 0 Å². The molecule has 2 rings (SSSR count). The molecule has 0 heterocycles. The molecule has 0 heteroatoms. The first kappa shape index (κ1) is 7.39. The van der Waals surface area contributed by atoms with Gasteiger partial charge in [-0.05, 0) is 51.4 Å². The SMILES string of the molecule is CC1=C2CCCCC2CCC1. The Balaban J connectivity index is 2.19. The van der Waals surface area contributed by atoms with E-state index in [1.807, 2.05) is 5.57 Å². The maximum atomic E-state index is 2.35. The minimum Gasteiger partial charge on any atom is -0.0738 e. The van der Waals surface area contributed by atoms with E-state index in [1.165, 1.54) is 44.9 Å². The third-order valence-electron chi connectivity index (χ3n) is 3.39. The van der Waals surface area contributed by atoms with Crippen molar-refractivity contribution in [2.24, 2.45) is 5.92 Å². The summed E-state index contributed by atoms with van der Waals surface area (Å²) in [6.45, 7) is 2.35. The van der Waals surface area contributed by atoms with Gasteiger partial charge in [0.25, 0.3) is 0 Å². The molecule has 11 heavy (non-hydrogen) atoms. The largest absolute Gasteiger partial charge is 0.0738 e. The average Bonchev–Trinajstić information content (AvgIpc) is 2.06. The monoisotopic (exact) mass is 150 g/mol. The summed E-state index contributed by atoms with van der Waals surface area (Å²) < 4.78 is 0. The van der Waals surface area contributed by atoms with E-state index >= 15 is 0 Å². The Morgan fingerprint density at radius 1 is 1.00 bits per heavy atom. The van der Waals surface area contributed by atoms with Gasteiger partial charge in [-0.15, -0.1) is 0 Å². The normalized spacial score (nSPS) is 31.9. The van der Waals surface area contributed by atoms with Gasteiger partial charge < -0.3 is 0 Å². The minimum atomic E-state index is 1.01.